The average molecular weight is 248 g/mol. The first kappa shape index (κ1) is 12.7. The van der Waals surface area contributed by atoms with Crippen molar-refractivity contribution in [3.05, 3.63) is 29.3 Å². The molecule has 0 heterocycles. The molecule has 0 saturated heterocycles. The van der Waals surface area contributed by atoms with Crippen LogP contribution in [0.2, 0.25) is 0 Å². The zero-order valence-corrected chi connectivity index (χ0v) is 10.9. The minimum absolute atomic E-state index is 0.562. The maximum atomic E-state index is 10.8. The number of carbonyl (C=O) groups excluding carboxylic acids is 1. The van der Waals surface area contributed by atoms with E-state index in [0.29, 0.717) is 12.3 Å². The Labute approximate surface area is 107 Å². The molecule has 4 nitrogen and oxygen atoms in total. The number of hydrogen-bond donors (Lipinski definition) is 2. The van der Waals surface area contributed by atoms with Gasteiger partial charge >= 0.3 is 6.09 Å². The highest BCUT2D eigenvalue weighted by Gasteiger charge is 2.26. The largest absolute Gasteiger partial charge is 0.443 e. The highest BCUT2D eigenvalue weighted by atomic mass is 16.6. The van der Waals surface area contributed by atoms with Crippen molar-refractivity contribution in [1.82, 2.24) is 0 Å². The van der Waals surface area contributed by atoms with Crippen LogP contribution >= 0.6 is 0 Å². The number of hydrogen-bond acceptors (Lipinski definition) is 3. The Morgan fingerprint density at radius 2 is 2.11 bits per heavy atom. The van der Waals surface area contributed by atoms with E-state index in [9.17, 15) is 4.79 Å². The lowest BCUT2D eigenvalue weighted by Crippen LogP contribution is -2.33. The van der Waals surface area contributed by atoms with E-state index < -0.39 is 11.7 Å². The maximum Gasteiger partial charge on any atom is 0.405 e. The molecule has 1 aliphatic rings. The Hall–Kier alpha value is -1.71. The molecule has 0 aliphatic heterocycles. The van der Waals surface area contributed by atoms with Gasteiger partial charge < -0.3 is 16.2 Å². The molecule has 18 heavy (non-hydrogen) atoms. The van der Waals surface area contributed by atoms with Gasteiger partial charge in [0.1, 0.15) is 5.60 Å². The standard InChI is InChI=1S/C14H20N2O2/c1-14(2,18-13(16)17)8-11-6-5-10(7-12(11)15)9-3-4-9/h5-7,9H,3-4,8,15H2,1-2H3,(H2,16,17). The zero-order valence-electron chi connectivity index (χ0n) is 10.9. The summed E-state index contributed by atoms with van der Waals surface area (Å²) in [6, 6.07) is 6.17. The number of primary amides is 1. The monoisotopic (exact) mass is 248 g/mol. The van der Waals surface area contributed by atoms with Crippen LogP contribution in [0.3, 0.4) is 0 Å². The third kappa shape index (κ3) is 3.15. The van der Waals surface area contributed by atoms with Crippen molar-refractivity contribution < 1.29 is 9.53 Å². The number of nitrogen functional groups attached to an aromatic ring is 1. The number of amides is 1. The van der Waals surface area contributed by atoms with Gasteiger partial charge in [0, 0.05) is 12.1 Å². The molecule has 1 saturated carbocycles. The Morgan fingerprint density at radius 1 is 1.44 bits per heavy atom. The Bertz CT molecular complexity index is 465. The van der Waals surface area contributed by atoms with Gasteiger partial charge in [-0.2, -0.15) is 0 Å². The first-order valence-corrected chi connectivity index (χ1v) is 6.24. The minimum Gasteiger partial charge on any atom is -0.443 e. The lowest BCUT2D eigenvalue weighted by Gasteiger charge is -2.24. The molecule has 0 spiro atoms. The van der Waals surface area contributed by atoms with Gasteiger partial charge in [-0.25, -0.2) is 4.79 Å². The topological polar surface area (TPSA) is 78.3 Å². The second kappa shape index (κ2) is 4.52. The summed E-state index contributed by atoms with van der Waals surface area (Å²) in [6.45, 7) is 3.65. The summed E-state index contributed by atoms with van der Waals surface area (Å²) in [5.74, 6) is 0.691. The predicted molar refractivity (Wildman–Crippen MR) is 71.3 cm³/mol. The molecule has 0 bridgehead atoms. The highest BCUT2D eigenvalue weighted by Crippen LogP contribution is 2.41. The van der Waals surface area contributed by atoms with Crippen LogP contribution in [0, 0.1) is 0 Å². The van der Waals surface area contributed by atoms with E-state index >= 15 is 0 Å². The van der Waals surface area contributed by atoms with Crippen LogP contribution < -0.4 is 11.5 Å². The van der Waals surface area contributed by atoms with E-state index in [-0.39, 0.29) is 0 Å². The lowest BCUT2D eigenvalue weighted by atomic mass is 9.95. The molecule has 4 heteroatoms. The molecule has 1 amide bonds. The van der Waals surface area contributed by atoms with Gasteiger partial charge in [0.2, 0.25) is 0 Å². The van der Waals surface area contributed by atoms with Gasteiger partial charge in [-0.3, -0.25) is 0 Å². The van der Waals surface area contributed by atoms with E-state index in [0.717, 1.165) is 11.3 Å². The van der Waals surface area contributed by atoms with E-state index in [1.165, 1.54) is 18.4 Å². The average Bonchev–Trinajstić information content (AvgIpc) is 3.02. The van der Waals surface area contributed by atoms with Crippen LogP contribution in [0.1, 0.15) is 43.7 Å². The maximum absolute atomic E-state index is 10.8. The molecule has 0 unspecified atom stereocenters. The van der Waals surface area contributed by atoms with E-state index in [4.69, 9.17) is 16.2 Å². The number of rotatable bonds is 4. The fourth-order valence-corrected chi connectivity index (χ4v) is 2.21. The first-order valence-electron chi connectivity index (χ1n) is 6.24. The van der Waals surface area contributed by atoms with E-state index in [1.807, 2.05) is 26.0 Å². The van der Waals surface area contributed by atoms with Crippen molar-refractivity contribution in [3.8, 4) is 0 Å². The van der Waals surface area contributed by atoms with Gasteiger partial charge in [0.25, 0.3) is 0 Å². The number of anilines is 1. The summed E-state index contributed by atoms with van der Waals surface area (Å²) in [4.78, 5) is 10.8. The molecule has 98 valence electrons. The molecule has 1 fully saturated rings. The van der Waals surface area contributed by atoms with Crippen molar-refractivity contribution in [2.45, 2.75) is 44.6 Å². The van der Waals surface area contributed by atoms with Crippen molar-refractivity contribution in [3.63, 3.8) is 0 Å². The van der Waals surface area contributed by atoms with E-state index in [2.05, 4.69) is 6.07 Å². The van der Waals surface area contributed by atoms with Crippen LogP contribution in [0.5, 0.6) is 0 Å². The minimum atomic E-state index is -0.756. The third-order valence-electron chi connectivity index (χ3n) is 3.21. The quantitative estimate of drug-likeness (QED) is 0.804. The lowest BCUT2D eigenvalue weighted by molar-refractivity contribution is 0.0461. The molecule has 0 radical (unpaired) electrons. The predicted octanol–water partition coefficient (Wildman–Crippen LogP) is 2.56. The summed E-state index contributed by atoms with van der Waals surface area (Å²) in [5.41, 5.74) is 13.5. The van der Waals surface area contributed by atoms with Crippen molar-refractivity contribution in [2.75, 3.05) is 5.73 Å². The summed E-state index contributed by atoms with van der Waals surface area (Å²) in [5, 5.41) is 0. The highest BCUT2D eigenvalue weighted by molar-refractivity contribution is 5.65. The van der Waals surface area contributed by atoms with Gasteiger partial charge in [-0.15, -0.1) is 0 Å². The summed E-state index contributed by atoms with van der Waals surface area (Å²) < 4.78 is 5.07. The van der Waals surface area contributed by atoms with Crippen molar-refractivity contribution >= 4 is 11.8 Å². The molecular formula is C14H20N2O2. The van der Waals surface area contributed by atoms with Gasteiger partial charge in [0.15, 0.2) is 0 Å². The third-order valence-corrected chi connectivity index (χ3v) is 3.21. The van der Waals surface area contributed by atoms with Gasteiger partial charge in [-0.05, 0) is 49.8 Å². The SMILES string of the molecule is CC(C)(Cc1ccc(C2CC2)cc1N)OC(N)=O. The van der Waals surface area contributed by atoms with Gasteiger partial charge in [0.05, 0.1) is 0 Å². The Kier molecular flexibility index (Phi) is 3.20. The molecule has 1 aliphatic carbocycles. The second-order valence-corrected chi connectivity index (χ2v) is 5.59. The molecule has 1 aromatic rings. The normalized spacial score (nSPS) is 15.4. The smallest absolute Gasteiger partial charge is 0.405 e. The zero-order chi connectivity index (χ0) is 13.3. The first-order chi connectivity index (χ1) is 8.37. The number of carbonyl (C=O) groups is 1. The molecule has 2 rings (SSSR count). The molecule has 0 atom stereocenters. The van der Waals surface area contributed by atoms with Gasteiger partial charge in [-0.1, -0.05) is 12.1 Å². The summed E-state index contributed by atoms with van der Waals surface area (Å²) in [6.07, 6.45) is 2.32. The molecule has 4 N–H and O–H groups in total. The molecular weight excluding hydrogens is 228 g/mol. The Morgan fingerprint density at radius 3 is 2.61 bits per heavy atom. The molecule has 0 aromatic heterocycles. The van der Waals surface area contributed by atoms with Crippen molar-refractivity contribution in [1.29, 1.82) is 0 Å². The van der Waals surface area contributed by atoms with Crippen LogP contribution in [0.15, 0.2) is 18.2 Å². The van der Waals surface area contributed by atoms with Crippen LogP contribution in [-0.4, -0.2) is 11.7 Å². The molecule has 1 aromatic carbocycles. The van der Waals surface area contributed by atoms with Crippen LogP contribution in [-0.2, 0) is 11.2 Å². The van der Waals surface area contributed by atoms with Crippen LogP contribution in [0.4, 0.5) is 10.5 Å². The van der Waals surface area contributed by atoms with E-state index in [1.54, 1.807) is 0 Å². The number of benzene rings is 1. The second-order valence-electron chi connectivity index (χ2n) is 5.59. The summed E-state index contributed by atoms with van der Waals surface area (Å²) >= 11 is 0. The fourth-order valence-electron chi connectivity index (χ4n) is 2.21. The summed E-state index contributed by atoms with van der Waals surface area (Å²) in [7, 11) is 0. The fraction of sp³-hybridized carbons (Fsp3) is 0.500. The number of ether oxygens (including phenoxy) is 1. The van der Waals surface area contributed by atoms with Crippen molar-refractivity contribution in [2.24, 2.45) is 5.73 Å². The number of nitrogens with two attached hydrogens (primary N) is 2. The van der Waals surface area contributed by atoms with Crippen LogP contribution in [0.25, 0.3) is 0 Å². The Balaban J connectivity index is 2.11.